The quantitative estimate of drug-likeness (QED) is 0.854. The first-order chi connectivity index (χ1) is 14.1. The number of benzene rings is 1. The summed E-state index contributed by atoms with van der Waals surface area (Å²) in [7, 11) is 0. The van der Waals surface area contributed by atoms with Crippen molar-refractivity contribution < 1.29 is 13.7 Å². The molecule has 2 aromatic rings. The summed E-state index contributed by atoms with van der Waals surface area (Å²) in [6, 6.07) is 7.30. The summed E-state index contributed by atoms with van der Waals surface area (Å²) in [5, 5.41) is 7.71. The highest BCUT2D eigenvalue weighted by molar-refractivity contribution is 5.76. The second-order valence-electron chi connectivity index (χ2n) is 8.82. The van der Waals surface area contributed by atoms with Crippen LogP contribution in [0.5, 0.6) is 0 Å². The first-order valence-corrected chi connectivity index (χ1v) is 10.8. The predicted octanol–water partition coefficient (Wildman–Crippen LogP) is 3.50. The zero-order valence-corrected chi connectivity index (χ0v) is 16.5. The molecule has 4 heterocycles. The van der Waals surface area contributed by atoms with Crippen molar-refractivity contribution in [3.8, 4) is 11.4 Å². The molecule has 3 aliphatic rings. The number of nitrogens with zero attached hydrogens (tertiary/aromatic N) is 3. The number of rotatable bonds is 4. The van der Waals surface area contributed by atoms with Gasteiger partial charge in [-0.25, -0.2) is 4.39 Å². The summed E-state index contributed by atoms with van der Waals surface area (Å²) in [4.78, 5) is 19.4. The van der Waals surface area contributed by atoms with E-state index in [4.69, 9.17) is 4.52 Å². The monoisotopic (exact) mass is 398 g/mol. The highest BCUT2D eigenvalue weighted by Gasteiger charge is 2.36. The molecule has 5 rings (SSSR count). The molecule has 0 radical (unpaired) electrons. The second kappa shape index (κ2) is 7.86. The molecule has 0 saturated carbocycles. The van der Waals surface area contributed by atoms with E-state index >= 15 is 0 Å². The smallest absolute Gasteiger partial charge is 0.231 e. The van der Waals surface area contributed by atoms with E-state index in [2.05, 4.69) is 15.5 Å². The highest BCUT2D eigenvalue weighted by Crippen LogP contribution is 2.34. The Hall–Kier alpha value is -2.28. The molecule has 0 spiro atoms. The Morgan fingerprint density at radius 2 is 1.93 bits per heavy atom. The molecule has 154 valence electrons. The summed E-state index contributed by atoms with van der Waals surface area (Å²) >= 11 is 0. The third-order valence-electron chi connectivity index (χ3n) is 6.70. The van der Waals surface area contributed by atoms with Crippen LogP contribution in [-0.2, 0) is 4.79 Å². The van der Waals surface area contributed by atoms with Crippen LogP contribution >= 0.6 is 0 Å². The van der Waals surface area contributed by atoms with Crippen molar-refractivity contribution in [1.82, 2.24) is 20.4 Å². The molecular formula is C22H27FN4O2. The number of fused-ring (bicyclic) bond motifs is 2. The van der Waals surface area contributed by atoms with Crippen molar-refractivity contribution in [1.29, 1.82) is 0 Å². The Morgan fingerprint density at radius 3 is 2.69 bits per heavy atom. The standard InChI is InChI=1S/C22H27FN4O2/c23-17-5-3-15(4-6-17)21-25-22(29-26-21)16-2-1-9-27(13-16)20(28)12-14-10-18-7-8-19(11-14)24-18/h3-6,14,16,18-19,24H,1-2,7-13H2. The van der Waals surface area contributed by atoms with Gasteiger partial charge in [-0.15, -0.1) is 0 Å². The van der Waals surface area contributed by atoms with Gasteiger partial charge in [-0.2, -0.15) is 4.98 Å². The summed E-state index contributed by atoms with van der Waals surface area (Å²) in [5.41, 5.74) is 0.727. The van der Waals surface area contributed by atoms with E-state index in [0.29, 0.717) is 42.7 Å². The average molecular weight is 398 g/mol. The molecule has 0 aliphatic carbocycles. The van der Waals surface area contributed by atoms with Crippen LogP contribution < -0.4 is 5.32 Å². The molecule has 1 N–H and O–H groups in total. The van der Waals surface area contributed by atoms with Crippen molar-refractivity contribution in [2.45, 2.75) is 62.9 Å². The number of halogens is 1. The van der Waals surface area contributed by atoms with Gasteiger partial charge in [0.25, 0.3) is 0 Å². The molecule has 1 aromatic heterocycles. The predicted molar refractivity (Wildman–Crippen MR) is 106 cm³/mol. The fraction of sp³-hybridized carbons (Fsp3) is 0.591. The molecule has 3 atom stereocenters. The van der Waals surface area contributed by atoms with Crippen molar-refractivity contribution in [3.05, 3.63) is 36.0 Å². The van der Waals surface area contributed by atoms with Crippen LogP contribution in [-0.4, -0.2) is 46.1 Å². The lowest BCUT2D eigenvalue weighted by Crippen LogP contribution is -2.43. The van der Waals surface area contributed by atoms with Gasteiger partial charge < -0.3 is 14.7 Å². The molecule has 3 unspecified atom stereocenters. The van der Waals surface area contributed by atoms with Gasteiger partial charge in [0.2, 0.25) is 17.6 Å². The molecule has 1 aromatic carbocycles. The molecule has 3 saturated heterocycles. The van der Waals surface area contributed by atoms with E-state index in [1.165, 1.54) is 25.0 Å². The zero-order valence-electron chi connectivity index (χ0n) is 16.5. The van der Waals surface area contributed by atoms with Crippen LogP contribution in [0.1, 0.15) is 56.8 Å². The molecule has 1 amide bonds. The Kier molecular flexibility index (Phi) is 5.08. The number of hydrogen-bond donors (Lipinski definition) is 1. The third-order valence-corrected chi connectivity index (χ3v) is 6.70. The second-order valence-corrected chi connectivity index (χ2v) is 8.82. The van der Waals surface area contributed by atoms with Gasteiger partial charge in [0.15, 0.2) is 0 Å². The van der Waals surface area contributed by atoms with E-state index in [9.17, 15) is 9.18 Å². The molecule has 3 fully saturated rings. The van der Waals surface area contributed by atoms with E-state index < -0.39 is 0 Å². The summed E-state index contributed by atoms with van der Waals surface area (Å²) in [5.74, 6) is 1.59. The minimum atomic E-state index is -0.291. The maximum absolute atomic E-state index is 13.1. The molecule has 6 nitrogen and oxygen atoms in total. The number of amides is 1. The Morgan fingerprint density at radius 1 is 1.17 bits per heavy atom. The average Bonchev–Trinajstić information content (AvgIpc) is 3.35. The van der Waals surface area contributed by atoms with Crippen LogP contribution in [0.3, 0.4) is 0 Å². The summed E-state index contributed by atoms with van der Waals surface area (Å²) in [6.07, 6.45) is 7.32. The third kappa shape index (κ3) is 4.06. The molecular weight excluding hydrogens is 371 g/mol. The van der Waals surface area contributed by atoms with Gasteiger partial charge in [0.05, 0.1) is 5.92 Å². The number of hydrogen-bond acceptors (Lipinski definition) is 5. The Labute approximate surface area is 169 Å². The van der Waals surface area contributed by atoms with Crippen molar-refractivity contribution in [2.75, 3.05) is 13.1 Å². The number of carbonyl (C=O) groups excluding carboxylic acids is 1. The molecule has 3 aliphatic heterocycles. The topological polar surface area (TPSA) is 71.3 Å². The number of carbonyl (C=O) groups is 1. The number of aromatic nitrogens is 2. The van der Waals surface area contributed by atoms with E-state index in [1.807, 2.05) is 4.90 Å². The van der Waals surface area contributed by atoms with Crippen LogP contribution in [0.4, 0.5) is 4.39 Å². The van der Waals surface area contributed by atoms with Gasteiger partial charge >= 0.3 is 0 Å². The largest absolute Gasteiger partial charge is 0.342 e. The minimum absolute atomic E-state index is 0.0681. The minimum Gasteiger partial charge on any atom is -0.342 e. The lowest BCUT2D eigenvalue weighted by Gasteiger charge is -2.34. The molecule has 7 heteroatoms. The fourth-order valence-electron chi connectivity index (χ4n) is 5.24. The van der Waals surface area contributed by atoms with Crippen LogP contribution in [0.25, 0.3) is 11.4 Å². The van der Waals surface area contributed by atoms with E-state index in [1.54, 1.807) is 12.1 Å². The Balaban J connectivity index is 1.21. The fourth-order valence-corrected chi connectivity index (χ4v) is 5.24. The van der Waals surface area contributed by atoms with Gasteiger partial charge in [-0.1, -0.05) is 5.16 Å². The van der Waals surface area contributed by atoms with E-state index in [-0.39, 0.29) is 17.6 Å². The van der Waals surface area contributed by atoms with Gasteiger partial charge in [0, 0.05) is 37.2 Å². The number of piperidine rings is 2. The maximum atomic E-state index is 13.1. The lowest BCUT2D eigenvalue weighted by atomic mass is 9.88. The van der Waals surface area contributed by atoms with Crippen molar-refractivity contribution in [2.24, 2.45) is 5.92 Å². The highest BCUT2D eigenvalue weighted by atomic mass is 19.1. The van der Waals surface area contributed by atoms with Gasteiger partial charge in [0.1, 0.15) is 5.82 Å². The first kappa shape index (κ1) is 18.7. The van der Waals surface area contributed by atoms with Crippen LogP contribution in [0.2, 0.25) is 0 Å². The van der Waals surface area contributed by atoms with Crippen LogP contribution in [0, 0.1) is 11.7 Å². The van der Waals surface area contributed by atoms with Crippen molar-refractivity contribution in [3.63, 3.8) is 0 Å². The SMILES string of the molecule is O=C(CC1CC2CCC(C1)N2)N1CCCC(c2nc(-c3ccc(F)cc3)no2)C1. The maximum Gasteiger partial charge on any atom is 0.231 e. The van der Waals surface area contributed by atoms with Crippen molar-refractivity contribution >= 4 is 5.91 Å². The zero-order chi connectivity index (χ0) is 19.8. The van der Waals surface area contributed by atoms with Gasteiger partial charge in [-0.3, -0.25) is 4.79 Å². The molecule has 2 bridgehead atoms. The van der Waals surface area contributed by atoms with E-state index in [0.717, 1.165) is 37.8 Å². The van der Waals surface area contributed by atoms with Gasteiger partial charge in [-0.05, 0) is 68.7 Å². The first-order valence-electron chi connectivity index (χ1n) is 10.8. The summed E-state index contributed by atoms with van der Waals surface area (Å²) < 4.78 is 18.6. The molecule has 29 heavy (non-hydrogen) atoms. The Bertz CT molecular complexity index is 856. The van der Waals surface area contributed by atoms with Crippen LogP contribution in [0.15, 0.2) is 28.8 Å². The normalized spacial score (nSPS) is 29.2. The summed E-state index contributed by atoms with van der Waals surface area (Å²) in [6.45, 7) is 1.45. The number of likely N-dealkylation sites (tertiary alicyclic amines) is 1. The lowest BCUT2D eigenvalue weighted by molar-refractivity contribution is -0.133. The number of nitrogens with one attached hydrogen (secondary N) is 1.